The van der Waals surface area contributed by atoms with E-state index in [1.807, 2.05) is 6.92 Å². The molecule has 1 aromatic heterocycles. The molecular weight excluding hydrogens is 217 g/mol. The number of aromatic nitrogens is 1. The average Bonchev–Trinajstić information content (AvgIpc) is 2.17. The molecule has 1 rings (SSSR count). The first-order valence-corrected chi connectivity index (χ1v) is 5.09. The molecule has 0 saturated heterocycles. The third kappa shape index (κ3) is 3.48. The predicted octanol–water partition coefficient (Wildman–Crippen LogP) is 2.50. The Morgan fingerprint density at radius 1 is 1.44 bits per heavy atom. The van der Waals surface area contributed by atoms with Crippen molar-refractivity contribution in [3.8, 4) is 0 Å². The second-order valence-electron chi connectivity index (χ2n) is 3.90. The molecule has 1 unspecified atom stereocenters. The fraction of sp³-hybridized carbons (Fsp3) is 0.545. The zero-order valence-electron chi connectivity index (χ0n) is 9.30. The quantitative estimate of drug-likeness (QED) is 0.862. The molecule has 0 aliphatic rings. The van der Waals surface area contributed by atoms with Gasteiger partial charge in [-0.3, -0.25) is 4.98 Å². The maximum atomic E-state index is 12.6. The highest BCUT2D eigenvalue weighted by Gasteiger charge is 2.33. The van der Waals surface area contributed by atoms with Crippen molar-refractivity contribution in [2.45, 2.75) is 19.5 Å². The summed E-state index contributed by atoms with van der Waals surface area (Å²) >= 11 is 0. The molecule has 0 spiro atoms. The molecule has 0 fully saturated rings. The second kappa shape index (κ2) is 5.30. The lowest BCUT2D eigenvalue weighted by molar-refractivity contribution is -0.138. The van der Waals surface area contributed by atoms with Crippen molar-refractivity contribution in [3.05, 3.63) is 29.6 Å². The summed E-state index contributed by atoms with van der Waals surface area (Å²) in [5, 5.41) is 2.94. The van der Waals surface area contributed by atoms with E-state index in [9.17, 15) is 13.2 Å². The molecule has 16 heavy (non-hydrogen) atoms. The number of nitrogens with one attached hydrogen (secondary N) is 1. The summed E-state index contributed by atoms with van der Waals surface area (Å²) in [6.45, 7) is 2.59. The van der Waals surface area contributed by atoms with Crippen LogP contribution < -0.4 is 5.32 Å². The second-order valence-corrected chi connectivity index (χ2v) is 3.90. The van der Waals surface area contributed by atoms with Crippen LogP contribution in [-0.4, -0.2) is 18.6 Å². The van der Waals surface area contributed by atoms with Crippen LogP contribution in [0.5, 0.6) is 0 Å². The number of rotatable bonds is 4. The molecule has 1 heterocycles. The zero-order valence-corrected chi connectivity index (χ0v) is 9.30. The molecule has 0 aromatic carbocycles. The molecule has 1 N–H and O–H groups in total. The Bertz CT molecular complexity index is 336. The zero-order chi connectivity index (χ0) is 12.2. The van der Waals surface area contributed by atoms with Gasteiger partial charge < -0.3 is 5.32 Å². The highest BCUT2D eigenvalue weighted by atomic mass is 19.4. The molecule has 0 amide bonds. The summed E-state index contributed by atoms with van der Waals surface area (Å²) in [6, 6.07) is 1.03. The standard InChI is InChI=1S/C11H15F3N2/c1-8(6-15-2)5-9-7-16-4-3-10(9)11(12,13)14/h3-4,7-8,15H,5-6H2,1-2H3. The summed E-state index contributed by atoms with van der Waals surface area (Å²) < 4.78 is 37.9. The van der Waals surface area contributed by atoms with Crippen LogP contribution in [0.3, 0.4) is 0 Å². The van der Waals surface area contributed by atoms with Crippen LogP contribution in [0.2, 0.25) is 0 Å². The van der Waals surface area contributed by atoms with Crippen molar-refractivity contribution in [3.63, 3.8) is 0 Å². The first kappa shape index (κ1) is 13.0. The van der Waals surface area contributed by atoms with Crippen LogP contribution in [-0.2, 0) is 12.6 Å². The number of pyridine rings is 1. The molecule has 0 saturated carbocycles. The van der Waals surface area contributed by atoms with Crippen molar-refractivity contribution in [1.82, 2.24) is 10.3 Å². The van der Waals surface area contributed by atoms with Gasteiger partial charge in [0.2, 0.25) is 0 Å². The van der Waals surface area contributed by atoms with Gasteiger partial charge >= 0.3 is 6.18 Å². The predicted molar refractivity (Wildman–Crippen MR) is 56.0 cm³/mol. The lowest BCUT2D eigenvalue weighted by Gasteiger charge is -2.15. The van der Waals surface area contributed by atoms with Gasteiger partial charge in [-0.15, -0.1) is 0 Å². The van der Waals surface area contributed by atoms with Gasteiger partial charge in [-0.1, -0.05) is 6.92 Å². The Kier molecular flexibility index (Phi) is 4.29. The number of hydrogen-bond donors (Lipinski definition) is 1. The Morgan fingerprint density at radius 2 is 2.12 bits per heavy atom. The van der Waals surface area contributed by atoms with Crippen LogP contribution in [0, 0.1) is 5.92 Å². The smallest absolute Gasteiger partial charge is 0.319 e. The van der Waals surface area contributed by atoms with E-state index in [0.717, 1.165) is 6.07 Å². The lowest BCUT2D eigenvalue weighted by atomic mass is 9.98. The summed E-state index contributed by atoms with van der Waals surface area (Å²) in [5.41, 5.74) is -0.316. The number of halogens is 3. The molecular formula is C11H15F3N2. The van der Waals surface area contributed by atoms with E-state index in [4.69, 9.17) is 0 Å². The number of alkyl halides is 3. The minimum atomic E-state index is -4.29. The fourth-order valence-electron chi connectivity index (χ4n) is 1.66. The van der Waals surface area contributed by atoms with Gasteiger partial charge in [-0.25, -0.2) is 0 Å². The average molecular weight is 232 g/mol. The fourth-order valence-corrected chi connectivity index (χ4v) is 1.66. The molecule has 0 radical (unpaired) electrons. The Labute approximate surface area is 92.9 Å². The summed E-state index contributed by atoms with van der Waals surface area (Å²) in [5.74, 6) is 0.148. The van der Waals surface area contributed by atoms with E-state index in [1.165, 1.54) is 12.4 Å². The van der Waals surface area contributed by atoms with E-state index in [0.29, 0.717) is 13.0 Å². The third-order valence-electron chi connectivity index (χ3n) is 2.33. The Balaban J connectivity index is 2.87. The maximum Gasteiger partial charge on any atom is 0.416 e. The van der Waals surface area contributed by atoms with Crippen LogP contribution in [0.4, 0.5) is 13.2 Å². The maximum absolute atomic E-state index is 12.6. The molecule has 90 valence electrons. The summed E-state index contributed by atoms with van der Waals surface area (Å²) in [7, 11) is 1.78. The summed E-state index contributed by atoms with van der Waals surface area (Å²) in [4.78, 5) is 3.75. The monoisotopic (exact) mass is 232 g/mol. The van der Waals surface area contributed by atoms with Gasteiger partial charge in [0.1, 0.15) is 0 Å². The normalized spacial score (nSPS) is 13.8. The van der Waals surface area contributed by atoms with Crippen LogP contribution in [0.15, 0.2) is 18.5 Å². The highest BCUT2D eigenvalue weighted by Crippen LogP contribution is 2.32. The number of hydrogen-bond acceptors (Lipinski definition) is 2. The Hall–Kier alpha value is -1.10. The first-order valence-electron chi connectivity index (χ1n) is 5.09. The molecule has 5 heteroatoms. The van der Waals surface area contributed by atoms with Gasteiger partial charge in [0.15, 0.2) is 0 Å². The molecule has 0 aliphatic carbocycles. The van der Waals surface area contributed by atoms with Gasteiger partial charge in [-0.05, 0) is 37.6 Å². The van der Waals surface area contributed by atoms with Crippen molar-refractivity contribution < 1.29 is 13.2 Å². The van der Waals surface area contributed by atoms with Crippen LogP contribution in [0.1, 0.15) is 18.1 Å². The van der Waals surface area contributed by atoms with Crippen LogP contribution in [0.25, 0.3) is 0 Å². The summed E-state index contributed by atoms with van der Waals surface area (Å²) in [6.07, 6.45) is -1.44. The molecule has 1 atom stereocenters. The third-order valence-corrected chi connectivity index (χ3v) is 2.33. The van der Waals surface area contributed by atoms with Gasteiger partial charge in [-0.2, -0.15) is 13.2 Å². The molecule has 0 bridgehead atoms. The van der Waals surface area contributed by atoms with Crippen LogP contribution >= 0.6 is 0 Å². The van der Waals surface area contributed by atoms with Crippen molar-refractivity contribution in [2.24, 2.45) is 5.92 Å². The SMILES string of the molecule is CNCC(C)Cc1cnccc1C(F)(F)F. The van der Waals surface area contributed by atoms with E-state index in [1.54, 1.807) is 7.05 Å². The topological polar surface area (TPSA) is 24.9 Å². The van der Waals surface area contributed by atoms with Gasteiger partial charge in [0.05, 0.1) is 5.56 Å². The number of nitrogens with zero attached hydrogens (tertiary/aromatic N) is 1. The lowest BCUT2D eigenvalue weighted by Crippen LogP contribution is -2.20. The highest BCUT2D eigenvalue weighted by molar-refractivity contribution is 5.26. The van der Waals surface area contributed by atoms with Gasteiger partial charge in [0, 0.05) is 12.4 Å². The largest absolute Gasteiger partial charge is 0.416 e. The van der Waals surface area contributed by atoms with Crippen molar-refractivity contribution in [1.29, 1.82) is 0 Å². The molecule has 1 aromatic rings. The first-order chi connectivity index (χ1) is 7.45. The van der Waals surface area contributed by atoms with Gasteiger partial charge in [0.25, 0.3) is 0 Å². The van der Waals surface area contributed by atoms with Crippen molar-refractivity contribution >= 4 is 0 Å². The minimum Gasteiger partial charge on any atom is -0.319 e. The van der Waals surface area contributed by atoms with E-state index >= 15 is 0 Å². The van der Waals surface area contributed by atoms with E-state index in [2.05, 4.69) is 10.3 Å². The van der Waals surface area contributed by atoms with Crippen molar-refractivity contribution in [2.75, 3.05) is 13.6 Å². The molecule has 0 aliphatic heterocycles. The molecule has 2 nitrogen and oxygen atoms in total. The minimum absolute atomic E-state index is 0.148. The van der Waals surface area contributed by atoms with E-state index < -0.39 is 11.7 Å². The Morgan fingerprint density at radius 3 is 2.69 bits per heavy atom. The van der Waals surface area contributed by atoms with E-state index in [-0.39, 0.29) is 11.5 Å².